The molecule has 0 aliphatic carbocycles. The molecule has 0 unspecified atom stereocenters. The molecule has 1 N–H and O–H groups in total. The lowest BCUT2D eigenvalue weighted by Crippen LogP contribution is -2.15. The summed E-state index contributed by atoms with van der Waals surface area (Å²) in [6.45, 7) is 3.47. The minimum atomic E-state index is -0.895. The number of aromatic nitrogens is 1. The maximum Gasteiger partial charge on any atom is 0.123 e. The standard InChI is InChI=1S/C13H15NO2S/c1-13(2,15)11-8-17-12(14-11)9-5-4-6-10(7-9)16-3/h4-8,15H,1-3H3. The van der Waals surface area contributed by atoms with Gasteiger partial charge in [-0.25, -0.2) is 4.98 Å². The molecule has 3 nitrogen and oxygen atoms in total. The number of nitrogens with zero attached hydrogens (tertiary/aromatic N) is 1. The van der Waals surface area contributed by atoms with E-state index in [0.29, 0.717) is 5.69 Å². The number of thiazole rings is 1. The predicted octanol–water partition coefficient (Wildman–Crippen LogP) is 3.05. The van der Waals surface area contributed by atoms with E-state index in [4.69, 9.17) is 4.74 Å². The van der Waals surface area contributed by atoms with Gasteiger partial charge in [-0.2, -0.15) is 0 Å². The smallest absolute Gasteiger partial charge is 0.123 e. The molecule has 2 rings (SSSR count). The van der Waals surface area contributed by atoms with Crippen molar-refractivity contribution in [1.29, 1.82) is 0 Å². The first kappa shape index (κ1) is 12.1. The number of methoxy groups -OCH3 is 1. The van der Waals surface area contributed by atoms with Crippen LogP contribution < -0.4 is 4.74 Å². The number of benzene rings is 1. The van der Waals surface area contributed by atoms with Gasteiger partial charge in [0, 0.05) is 10.9 Å². The van der Waals surface area contributed by atoms with Crippen molar-refractivity contribution in [3.63, 3.8) is 0 Å². The summed E-state index contributed by atoms with van der Waals surface area (Å²) < 4.78 is 5.18. The van der Waals surface area contributed by atoms with Gasteiger partial charge in [-0.1, -0.05) is 12.1 Å². The van der Waals surface area contributed by atoms with Crippen LogP contribution in [0.2, 0.25) is 0 Å². The quantitative estimate of drug-likeness (QED) is 0.909. The van der Waals surface area contributed by atoms with Crippen molar-refractivity contribution in [3.8, 4) is 16.3 Å². The normalized spacial score (nSPS) is 11.5. The Morgan fingerprint density at radius 2 is 2.12 bits per heavy atom. The van der Waals surface area contributed by atoms with E-state index in [1.807, 2.05) is 29.6 Å². The third kappa shape index (κ3) is 2.65. The topological polar surface area (TPSA) is 42.4 Å². The highest BCUT2D eigenvalue weighted by molar-refractivity contribution is 7.13. The van der Waals surface area contributed by atoms with Crippen LogP contribution in [0.1, 0.15) is 19.5 Å². The second-order valence-corrected chi connectivity index (χ2v) is 5.19. The molecule has 0 spiro atoms. The summed E-state index contributed by atoms with van der Waals surface area (Å²) in [4.78, 5) is 4.44. The lowest BCUT2D eigenvalue weighted by atomic mass is 10.1. The van der Waals surface area contributed by atoms with Gasteiger partial charge in [0.1, 0.15) is 16.4 Å². The van der Waals surface area contributed by atoms with E-state index in [1.54, 1.807) is 21.0 Å². The molecule has 0 amide bonds. The van der Waals surface area contributed by atoms with E-state index in [2.05, 4.69) is 4.98 Å². The van der Waals surface area contributed by atoms with Crippen molar-refractivity contribution in [2.75, 3.05) is 7.11 Å². The number of hydrogen-bond acceptors (Lipinski definition) is 4. The molecule has 1 aromatic heterocycles. The number of aliphatic hydroxyl groups is 1. The Hall–Kier alpha value is -1.39. The largest absolute Gasteiger partial charge is 0.497 e. The van der Waals surface area contributed by atoms with Gasteiger partial charge in [-0.05, 0) is 26.0 Å². The van der Waals surface area contributed by atoms with E-state index >= 15 is 0 Å². The molecule has 17 heavy (non-hydrogen) atoms. The maximum atomic E-state index is 9.87. The molecule has 0 aliphatic rings. The average Bonchev–Trinajstić information content (AvgIpc) is 2.78. The molecule has 0 aliphatic heterocycles. The Kier molecular flexibility index (Phi) is 3.17. The van der Waals surface area contributed by atoms with Crippen LogP contribution in [-0.2, 0) is 5.60 Å². The summed E-state index contributed by atoms with van der Waals surface area (Å²) in [5.74, 6) is 0.808. The van der Waals surface area contributed by atoms with Crippen molar-refractivity contribution in [2.45, 2.75) is 19.4 Å². The van der Waals surface area contributed by atoms with Crippen molar-refractivity contribution < 1.29 is 9.84 Å². The van der Waals surface area contributed by atoms with Gasteiger partial charge in [-0.3, -0.25) is 0 Å². The Morgan fingerprint density at radius 3 is 2.71 bits per heavy atom. The first-order chi connectivity index (χ1) is 8.00. The fraction of sp³-hybridized carbons (Fsp3) is 0.308. The lowest BCUT2D eigenvalue weighted by Gasteiger charge is -2.13. The first-order valence-corrected chi connectivity index (χ1v) is 6.21. The molecule has 0 bridgehead atoms. The van der Waals surface area contributed by atoms with E-state index in [-0.39, 0.29) is 0 Å². The van der Waals surface area contributed by atoms with Crippen LogP contribution in [0.3, 0.4) is 0 Å². The third-order valence-electron chi connectivity index (χ3n) is 2.45. The van der Waals surface area contributed by atoms with Crippen molar-refractivity contribution >= 4 is 11.3 Å². The molecular weight excluding hydrogens is 234 g/mol. The summed E-state index contributed by atoms with van der Waals surface area (Å²) in [7, 11) is 1.64. The molecule has 2 aromatic rings. The molecule has 0 radical (unpaired) electrons. The SMILES string of the molecule is COc1cccc(-c2nc(C(C)(C)O)cs2)c1. The number of rotatable bonds is 3. The maximum absolute atomic E-state index is 9.87. The fourth-order valence-electron chi connectivity index (χ4n) is 1.44. The molecular formula is C13H15NO2S. The molecule has 0 fully saturated rings. The van der Waals surface area contributed by atoms with Crippen LogP contribution in [0.4, 0.5) is 0 Å². The Bertz CT molecular complexity index is 514. The van der Waals surface area contributed by atoms with Gasteiger partial charge in [-0.15, -0.1) is 11.3 Å². The van der Waals surface area contributed by atoms with Gasteiger partial charge < -0.3 is 9.84 Å². The highest BCUT2D eigenvalue weighted by Crippen LogP contribution is 2.30. The highest BCUT2D eigenvalue weighted by atomic mass is 32.1. The zero-order valence-corrected chi connectivity index (χ0v) is 10.9. The Morgan fingerprint density at radius 1 is 1.35 bits per heavy atom. The minimum absolute atomic E-state index is 0.695. The summed E-state index contributed by atoms with van der Waals surface area (Å²) in [5, 5.41) is 12.6. The molecule has 0 saturated heterocycles. The zero-order valence-electron chi connectivity index (χ0n) is 10.1. The van der Waals surface area contributed by atoms with Crippen LogP contribution in [0.5, 0.6) is 5.75 Å². The molecule has 0 atom stereocenters. The van der Waals surface area contributed by atoms with E-state index in [0.717, 1.165) is 16.3 Å². The van der Waals surface area contributed by atoms with E-state index < -0.39 is 5.60 Å². The zero-order chi connectivity index (χ0) is 12.5. The van der Waals surface area contributed by atoms with Crippen molar-refractivity contribution in [3.05, 3.63) is 35.3 Å². The van der Waals surface area contributed by atoms with E-state index in [9.17, 15) is 5.11 Å². The van der Waals surface area contributed by atoms with Gasteiger partial charge in [0.25, 0.3) is 0 Å². The Labute approximate surface area is 105 Å². The second-order valence-electron chi connectivity index (χ2n) is 4.33. The monoisotopic (exact) mass is 249 g/mol. The second kappa shape index (κ2) is 4.47. The van der Waals surface area contributed by atoms with Crippen LogP contribution in [0.25, 0.3) is 10.6 Å². The summed E-state index contributed by atoms with van der Waals surface area (Å²) >= 11 is 1.52. The van der Waals surface area contributed by atoms with Gasteiger partial charge in [0.2, 0.25) is 0 Å². The number of hydrogen-bond donors (Lipinski definition) is 1. The molecule has 4 heteroatoms. The molecule has 0 saturated carbocycles. The van der Waals surface area contributed by atoms with Gasteiger partial charge >= 0.3 is 0 Å². The molecule has 1 heterocycles. The minimum Gasteiger partial charge on any atom is -0.497 e. The summed E-state index contributed by atoms with van der Waals surface area (Å²) in [6.07, 6.45) is 0. The lowest BCUT2D eigenvalue weighted by molar-refractivity contribution is 0.0746. The fourth-order valence-corrected chi connectivity index (χ4v) is 2.42. The van der Waals surface area contributed by atoms with Gasteiger partial charge in [0.15, 0.2) is 0 Å². The van der Waals surface area contributed by atoms with Crippen LogP contribution in [0.15, 0.2) is 29.6 Å². The van der Waals surface area contributed by atoms with E-state index in [1.165, 1.54) is 11.3 Å². The first-order valence-electron chi connectivity index (χ1n) is 5.33. The predicted molar refractivity (Wildman–Crippen MR) is 69.3 cm³/mol. The van der Waals surface area contributed by atoms with Crippen LogP contribution in [-0.4, -0.2) is 17.2 Å². The summed E-state index contributed by atoms with van der Waals surface area (Å²) in [5.41, 5.74) is 0.804. The molecule has 1 aromatic carbocycles. The van der Waals surface area contributed by atoms with Crippen LogP contribution >= 0.6 is 11.3 Å². The Balaban J connectivity index is 2.37. The van der Waals surface area contributed by atoms with Crippen molar-refractivity contribution in [1.82, 2.24) is 4.98 Å². The summed E-state index contributed by atoms with van der Waals surface area (Å²) in [6, 6.07) is 7.75. The molecule has 90 valence electrons. The van der Waals surface area contributed by atoms with Gasteiger partial charge in [0.05, 0.1) is 12.8 Å². The third-order valence-corrected chi connectivity index (χ3v) is 3.34. The average molecular weight is 249 g/mol. The number of ether oxygens (including phenoxy) is 1. The van der Waals surface area contributed by atoms with Crippen molar-refractivity contribution in [2.24, 2.45) is 0 Å². The van der Waals surface area contributed by atoms with Crippen LogP contribution in [0, 0.1) is 0 Å². The highest BCUT2D eigenvalue weighted by Gasteiger charge is 2.20.